The summed E-state index contributed by atoms with van der Waals surface area (Å²) in [6.45, 7) is 0. The molecule has 0 aliphatic heterocycles. The minimum Gasteiger partial charge on any atom is -0.497 e. The maximum Gasteiger partial charge on any atom is 0.118 e. The molecule has 0 radical (unpaired) electrons. The van der Waals surface area contributed by atoms with Gasteiger partial charge in [0.2, 0.25) is 0 Å². The number of hydrogen-bond donors (Lipinski definition) is 1. The van der Waals surface area contributed by atoms with Crippen LogP contribution in [0, 0.1) is 11.3 Å². The van der Waals surface area contributed by atoms with Crippen LogP contribution in [-0.4, -0.2) is 23.0 Å². The fraction of sp³-hybridized carbons (Fsp3) is 0.200. The lowest BCUT2D eigenvalue weighted by Crippen LogP contribution is -2.33. The van der Waals surface area contributed by atoms with E-state index in [1.54, 1.807) is 7.11 Å². The molecule has 1 N–H and O–H groups in total. The molecule has 4 nitrogen and oxygen atoms in total. The van der Waals surface area contributed by atoms with Gasteiger partial charge in [0.05, 0.1) is 24.0 Å². The van der Waals surface area contributed by atoms with E-state index in [1.165, 1.54) is 17.3 Å². The second-order valence-corrected chi connectivity index (χ2v) is 9.74. The lowest BCUT2D eigenvalue weighted by molar-refractivity contribution is 0.0438. The Morgan fingerprint density at radius 3 is 2.49 bits per heavy atom. The first-order valence-electron chi connectivity index (χ1n) is 11.7. The number of aryl methyl sites for hydroxylation is 1. The largest absolute Gasteiger partial charge is 0.497 e. The van der Waals surface area contributed by atoms with Crippen molar-refractivity contribution in [1.82, 2.24) is 4.98 Å². The minimum atomic E-state index is -0.947. The van der Waals surface area contributed by atoms with Crippen molar-refractivity contribution >= 4 is 11.8 Å². The van der Waals surface area contributed by atoms with Crippen molar-refractivity contribution in [3.63, 3.8) is 0 Å². The number of nitriles is 1. The number of fused-ring (bicyclic) bond motifs is 1. The van der Waals surface area contributed by atoms with Gasteiger partial charge in [-0.05, 0) is 66.3 Å². The summed E-state index contributed by atoms with van der Waals surface area (Å²) in [6.07, 6.45) is 2.62. The van der Waals surface area contributed by atoms with E-state index < -0.39 is 5.60 Å². The van der Waals surface area contributed by atoms with Crippen LogP contribution in [0.2, 0.25) is 0 Å². The molecule has 0 fully saturated rings. The second kappa shape index (κ2) is 9.95. The monoisotopic (exact) mass is 478 g/mol. The molecule has 0 amide bonds. The fourth-order valence-corrected chi connectivity index (χ4v) is 5.86. The molecule has 1 heterocycles. The normalized spacial score (nSPS) is 16.8. The molecule has 5 heteroatoms. The highest BCUT2D eigenvalue weighted by Gasteiger charge is 2.34. The molecule has 1 aromatic heterocycles. The van der Waals surface area contributed by atoms with Crippen LogP contribution in [0.1, 0.15) is 29.5 Å². The van der Waals surface area contributed by atoms with Crippen LogP contribution >= 0.6 is 11.8 Å². The highest BCUT2D eigenvalue weighted by Crippen LogP contribution is 2.41. The molecular formula is C30H26N2O2S. The number of rotatable bonds is 6. The Labute approximate surface area is 210 Å². The lowest BCUT2D eigenvalue weighted by Gasteiger charge is -2.34. The fourth-order valence-electron chi connectivity index (χ4n) is 4.73. The van der Waals surface area contributed by atoms with Crippen LogP contribution in [0.25, 0.3) is 22.4 Å². The Hall–Kier alpha value is -3.59. The Balaban J connectivity index is 1.57. The van der Waals surface area contributed by atoms with E-state index in [0.29, 0.717) is 22.8 Å². The van der Waals surface area contributed by atoms with Crippen molar-refractivity contribution in [2.24, 2.45) is 0 Å². The number of methoxy groups -OCH3 is 1. The van der Waals surface area contributed by atoms with E-state index in [2.05, 4.69) is 12.1 Å². The molecule has 1 aliphatic rings. The summed E-state index contributed by atoms with van der Waals surface area (Å²) in [6, 6.07) is 30.2. The van der Waals surface area contributed by atoms with Gasteiger partial charge in [0.1, 0.15) is 16.8 Å². The van der Waals surface area contributed by atoms with Crippen LogP contribution in [0.15, 0.2) is 90.0 Å². The van der Waals surface area contributed by atoms with Crippen LogP contribution in [-0.2, 0) is 12.0 Å². The summed E-state index contributed by atoms with van der Waals surface area (Å²) in [7, 11) is 1.64. The zero-order chi connectivity index (χ0) is 24.3. The molecule has 0 bridgehead atoms. The number of aliphatic hydroxyl groups is 1. The SMILES string of the molecule is COc1ccc(-c2cc(-c3ccccc3)c(C#N)c(SCC3(O)CCCc4ccccc43)n2)cc1. The molecule has 174 valence electrons. The van der Waals surface area contributed by atoms with Crippen molar-refractivity contribution in [2.75, 3.05) is 12.9 Å². The van der Waals surface area contributed by atoms with E-state index in [4.69, 9.17) is 9.72 Å². The van der Waals surface area contributed by atoms with Gasteiger partial charge in [0, 0.05) is 16.9 Å². The average molecular weight is 479 g/mol. The molecule has 1 atom stereocenters. The van der Waals surface area contributed by atoms with E-state index >= 15 is 0 Å². The predicted molar refractivity (Wildman–Crippen MR) is 140 cm³/mol. The Bertz CT molecular complexity index is 1380. The molecule has 4 aromatic rings. The number of ether oxygens (including phenoxy) is 1. The van der Waals surface area contributed by atoms with Gasteiger partial charge >= 0.3 is 0 Å². The van der Waals surface area contributed by atoms with Crippen LogP contribution in [0.3, 0.4) is 0 Å². The molecule has 1 unspecified atom stereocenters. The first kappa shape index (κ1) is 23.2. The molecule has 5 rings (SSSR count). The summed E-state index contributed by atoms with van der Waals surface area (Å²) >= 11 is 1.46. The smallest absolute Gasteiger partial charge is 0.118 e. The maximum absolute atomic E-state index is 11.6. The lowest BCUT2D eigenvalue weighted by atomic mass is 9.80. The van der Waals surface area contributed by atoms with Gasteiger partial charge in [-0.1, -0.05) is 54.6 Å². The van der Waals surface area contributed by atoms with Gasteiger partial charge in [-0.3, -0.25) is 0 Å². The van der Waals surface area contributed by atoms with Gasteiger partial charge in [-0.15, -0.1) is 11.8 Å². The Morgan fingerprint density at radius 2 is 1.74 bits per heavy atom. The number of aromatic nitrogens is 1. The van der Waals surface area contributed by atoms with Gasteiger partial charge in [-0.2, -0.15) is 5.26 Å². The standard InChI is InChI=1S/C30H26N2O2S/c1-34-24-15-13-23(14-16-24)28-18-25(21-8-3-2-4-9-21)26(19-31)29(32-28)35-20-30(33)17-7-11-22-10-5-6-12-27(22)30/h2-6,8-10,12-16,18,33H,7,11,17,20H2,1H3. The summed E-state index contributed by atoms with van der Waals surface area (Å²) in [4.78, 5) is 4.92. The highest BCUT2D eigenvalue weighted by atomic mass is 32.2. The van der Waals surface area contributed by atoms with Crippen molar-refractivity contribution in [2.45, 2.75) is 29.9 Å². The first-order valence-corrected chi connectivity index (χ1v) is 12.7. The third-order valence-corrected chi connectivity index (χ3v) is 7.76. The number of hydrogen-bond acceptors (Lipinski definition) is 5. The van der Waals surface area contributed by atoms with Gasteiger partial charge in [0.15, 0.2) is 0 Å². The third kappa shape index (κ3) is 4.68. The van der Waals surface area contributed by atoms with Gasteiger partial charge in [-0.25, -0.2) is 4.98 Å². The van der Waals surface area contributed by atoms with Crippen molar-refractivity contribution in [1.29, 1.82) is 5.26 Å². The highest BCUT2D eigenvalue weighted by molar-refractivity contribution is 7.99. The summed E-state index contributed by atoms with van der Waals surface area (Å²) in [5.41, 5.74) is 5.30. The van der Waals surface area contributed by atoms with E-state index in [-0.39, 0.29) is 0 Å². The Morgan fingerprint density at radius 1 is 1.00 bits per heavy atom. The number of benzene rings is 3. The summed E-state index contributed by atoms with van der Waals surface area (Å²) < 4.78 is 5.31. The number of nitrogens with zero attached hydrogens (tertiary/aromatic N) is 2. The van der Waals surface area contributed by atoms with Crippen molar-refractivity contribution in [3.05, 3.63) is 102 Å². The number of thioether (sulfide) groups is 1. The molecule has 0 spiro atoms. The zero-order valence-corrected chi connectivity index (χ0v) is 20.4. The molecule has 0 saturated carbocycles. The predicted octanol–water partition coefficient (Wildman–Crippen LogP) is 6.61. The molecular weight excluding hydrogens is 452 g/mol. The quantitative estimate of drug-likeness (QED) is 0.316. The molecule has 35 heavy (non-hydrogen) atoms. The van der Waals surface area contributed by atoms with E-state index in [0.717, 1.165) is 46.5 Å². The van der Waals surface area contributed by atoms with E-state index in [1.807, 2.05) is 78.9 Å². The van der Waals surface area contributed by atoms with E-state index in [9.17, 15) is 10.4 Å². The van der Waals surface area contributed by atoms with Gasteiger partial charge in [0.25, 0.3) is 0 Å². The van der Waals surface area contributed by atoms with Crippen LogP contribution in [0.5, 0.6) is 5.75 Å². The second-order valence-electron chi connectivity index (χ2n) is 8.77. The third-order valence-electron chi connectivity index (χ3n) is 6.57. The van der Waals surface area contributed by atoms with Gasteiger partial charge < -0.3 is 9.84 Å². The average Bonchev–Trinajstić information content (AvgIpc) is 2.92. The van der Waals surface area contributed by atoms with Crippen LogP contribution in [0.4, 0.5) is 0 Å². The zero-order valence-electron chi connectivity index (χ0n) is 19.6. The van der Waals surface area contributed by atoms with Crippen LogP contribution < -0.4 is 4.74 Å². The van der Waals surface area contributed by atoms with Crippen molar-refractivity contribution < 1.29 is 9.84 Å². The summed E-state index contributed by atoms with van der Waals surface area (Å²) in [5.74, 6) is 1.21. The Kier molecular flexibility index (Phi) is 6.59. The molecule has 3 aromatic carbocycles. The molecule has 0 saturated heterocycles. The summed E-state index contributed by atoms with van der Waals surface area (Å²) in [5, 5.41) is 22.4. The minimum absolute atomic E-state index is 0.436. The first-order chi connectivity index (χ1) is 17.1. The topological polar surface area (TPSA) is 66.1 Å². The maximum atomic E-state index is 11.6. The molecule has 1 aliphatic carbocycles. The number of pyridine rings is 1. The van der Waals surface area contributed by atoms with Crippen molar-refractivity contribution in [3.8, 4) is 34.2 Å².